The number of allylic oxidation sites excluding steroid dienone is 1. The summed E-state index contributed by atoms with van der Waals surface area (Å²) in [6.45, 7) is 4.92. The lowest BCUT2D eigenvalue weighted by atomic mass is 9.82. The van der Waals surface area contributed by atoms with Gasteiger partial charge in [-0.1, -0.05) is 30.3 Å². The second-order valence-corrected chi connectivity index (χ2v) is 9.85. The van der Waals surface area contributed by atoms with E-state index in [9.17, 15) is 14.4 Å². The SMILES string of the molecule is CCOC(=O)C1=C(C)Nc2c(c(NNC(=O)c3ccc(OC)cc3)nc(=O)n2CCCN(C)C)C1c1ccccc1. The monoisotopic (exact) mass is 560 g/mol. The van der Waals surface area contributed by atoms with Crippen molar-refractivity contribution in [1.29, 1.82) is 0 Å². The quantitative estimate of drug-likeness (QED) is 0.239. The van der Waals surface area contributed by atoms with E-state index in [-0.39, 0.29) is 12.4 Å². The molecule has 1 unspecified atom stereocenters. The summed E-state index contributed by atoms with van der Waals surface area (Å²) in [5.41, 5.74) is 7.74. The minimum Gasteiger partial charge on any atom is -0.497 e. The van der Waals surface area contributed by atoms with E-state index in [0.717, 1.165) is 12.1 Å². The lowest BCUT2D eigenvalue weighted by Crippen LogP contribution is -2.37. The van der Waals surface area contributed by atoms with Gasteiger partial charge in [0.15, 0.2) is 5.82 Å². The second-order valence-electron chi connectivity index (χ2n) is 9.85. The third-order valence-electron chi connectivity index (χ3n) is 6.77. The Morgan fingerprint density at radius 1 is 1.10 bits per heavy atom. The second kappa shape index (κ2) is 13.1. The van der Waals surface area contributed by atoms with Crippen LogP contribution in [0, 0.1) is 0 Å². The highest BCUT2D eigenvalue weighted by Crippen LogP contribution is 2.44. The summed E-state index contributed by atoms with van der Waals surface area (Å²) in [6, 6.07) is 16.1. The zero-order valence-electron chi connectivity index (χ0n) is 24.0. The van der Waals surface area contributed by atoms with Gasteiger partial charge in [-0.05, 0) is 70.7 Å². The molecular weight excluding hydrogens is 524 g/mol. The molecule has 1 amide bonds. The highest BCUT2D eigenvalue weighted by molar-refractivity contribution is 5.96. The van der Waals surface area contributed by atoms with Crippen molar-refractivity contribution in [3.05, 3.63) is 93.0 Å². The minimum absolute atomic E-state index is 0.131. The van der Waals surface area contributed by atoms with Crippen LogP contribution in [0.1, 0.15) is 47.7 Å². The van der Waals surface area contributed by atoms with E-state index >= 15 is 0 Å². The molecule has 41 heavy (non-hydrogen) atoms. The molecule has 0 spiro atoms. The minimum atomic E-state index is -0.625. The number of carbonyl (C=O) groups excluding carboxylic acids is 2. The van der Waals surface area contributed by atoms with Gasteiger partial charge in [0.25, 0.3) is 5.91 Å². The van der Waals surface area contributed by atoms with Crippen LogP contribution in [0.15, 0.2) is 70.7 Å². The smallest absolute Gasteiger partial charge is 0.351 e. The summed E-state index contributed by atoms with van der Waals surface area (Å²) in [6.07, 6.45) is 0.702. The number of hydrogen-bond acceptors (Lipinski definition) is 9. The summed E-state index contributed by atoms with van der Waals surface area (Å²) < 4.78 is 12.2. The zero-order chi connectivity index (χ0) is 29.5. The van der Waals surface area contributed by atoms with Gasteiger partial charge in [0, 0.05) is 23.4 Å². The zero-order valence-corrected chi connectivity index (χ0v) is 24.0. The van der Waals surface area contributed by atoms with Crippen LogP contribution < -0.4 is 26.6 Å². The van der Waals surface area contributed by atoms with Gasteiger partial charge in [-0.3, -0.25) is 20.2 Å². The Morgan fingerprint density at radius 3 is 2.44 bits per heavy atom. The highest BCUT2D eigenvalue weighted by atomic mass is 16.5. The molecule has 2 heterocycles. The summed E-state index contributed by atoms with van der Waals surface area (Å²) >= 11 is 0. The van der Waals surface area contributed by atoms with Crippen LogP contribution in [0.3, 0.4) is 0 Å². The summed E-state index contributed by atoms with van der Waals surface area (Å²) in [5, 5.41) is 3.29. The Bertz CT molecular complexity index is 1480. The maximum absolute atomic E-state index is 13.4. The van der Waals surface area contributed by atoms with Gasteiger partial charge in [-0.25, -0.2) is 9.59 Å². The molecule has 3 aromatic rings. The maximum atomic E-state index is 13.4. The van der Waals surface area contributed by atoms with Gasteiger partial charge in [0.05, 0.1) is 25.2 Å². The highest BCUT2D eigenvalue weighted by Gasteiger charge is 2.37. The number of nitrogens with zero attached hydrogens (tertiary/aromatic N) is 3. The third kappa shape index (κ3) is 6.58. The molecule has 3 N–H and O–H groups in total. The van der Waals surface area contributed by atoms with Crippen LogP contribution >= 0.6 is 0 Å². The first-order valence-electron chi connectivity index (χ1n) is 13.4. The molecule has 0 fully saturated rings. The Balaban J connectivity index is 1.83. The van der Waals surface area contributed by atoms with E-state index in [1.807, 2.05) is 49.3 Å². The van der Waals surface area contributed by atoms with Crippen LogP contribution in [0.25, 0.3) is 0 Å². The number of amides is 1. The van der Waals surface area contributed by atoms with Crippen LogP contribution in [-0.4, -0.2) is 60.7 Å². The number of carbonyl (C=O) groups is 2. The van der Waals surface area contributed by atoms with Crippen molar-refractivity contribution < 1.29 is 19.1 Å². The van der Waals surface area contributed by atoms with E-state index in [2.05, 4.69) is 21.2 Å². The molecule has 0 radical (unpaired) electrons. The molecule has 1 atom stereocenters. The first kappa shape index (κ1) is 29.3. The molecule has 4 rings (SSSR count). The van der Waals surface area contributed by atoms with Gasteiger partial charge < -0.3 is 19.7 Å². The Labute approximate surface area is 239 Å². The molecule has 11 nitrogen and oxygen atoms in total. The van der Waals surface area contributed by atoms with E-state index in [4.69, 9.17) is 9.47 Å². The topological polar surface area (TPSA) is 127 Å². The number of methoxy groups -OCH3 is 1. The molecule has 1 aromatic heterocycles. The number of rotatable bonds is 11. The first-order chi connectivity index (χ1) is 19.7. The third-order valence-corrected chi connectivity index (χ3v) is 6.77. The fourth-order valence-electron chi connectivity index (χ4n) is 4.82. The molecule has 0 bridgehead atoms. The van der Waals surface area contributed by atoms with Crippen molar-refractivity contribution in [2.24, 2.45) is 0 Å². The molecule has 0 saturated carbocycles. The van der Waals surface area contributed by atoms with Crippen molar-refractivity contribution in [1.82, 2.24) is 19.9 Å². The van der Waals surface area contributed by atoms with Crippen molar-refractivity contribution in [2.45, 2.75) is 32.7 Å². The number of hydrogen-bond donors (Lipinski definition) is 3. The number of anilines is 2. The molecule has 1 aliphatic rings. The average Bonchev–Trinajstić information content (AvgIpc) is 2.96. The molecule has 216 valence electrons. The lowest BCUT2D eigenvalue weighted by molar-refractivity contribution is -0.138. The number of aromatic nitrogens is 2. The fourth-order valence-corrected chi connectivity index (χ4v) is 4.82. The summed E-state index contributed by atoms with van der Waals surface area (Å²) in [7, 11) is 5.49. The first-order valence-corrected chi connectivity index (χ1v) is 13.4. The van der Waals surface area contributed by atoms with Crippen molar-refractivity contribution >= 4 is 23.5 Å². The van der Waals surface area contributed by atoms with Crippen LogP contribution in [0.4, 0.5) is 11.6 Å². The molecule has 0 saturated heterocycles. The number of fused-ring (bicyclic) bond motifs is 1. The molecular formula is C30H36N6O5. The number of ether oxygens (including phenoxy) is 2. The fraction of sp³-hybridized carbons (Fsp3) is 0.333. The lowest BCUT2D eigenvalue weighted by Gasteiger charge is -2.33. The largest absolute Gasteiger partial charge is 0.497 e. The molecule has 11 heteroatoms. The van der Waals surface area contributed by atoms with Crippen LogP contribution in [-0.2, 0) is 16.1 Å². The number of nitrogens with one attached hydrogen (secondary N) is 3. The average molecular weight is 561 g/mol. The summed E-state index contributed by atoms with van der Waals surface area (Å²) in [5.74, 6) is -0.282. The molecule has 0 aliphatic carbocycles. The number of hydrazine groups is 1. The van der Waals surface area contributed by atoms with Gasteiger partial charge >= 0.3 is 11.7 Å². The van der Waals surface area contributed by atoms with Gasteiger partial charge in [-0.15, -0.1) is 0 Å². The van der Waals surface area contributed by atoms with E-state index in [1.54, 1.807) is 49.8 Å². The van der Waals surface area contributed by atoms with E-state index in [1.165, 1.54) is 0 Å². The van der Waals surface area contributed by atoms with Gasteiger partial charge in [-0.2, -0.15) is 4.98 Å². The molecule has 2 aromatic carbocycles. The predicted molar refractivity (Wildman–Crippen MR) is 157 cm³/mol. The van der Waals surface area contributed by atoms with E-state index < -0.39 is 23.5 Å². The van der Waals surface area contributed by atoms with Gasteiger partial charge in [0.1, 0.15) is 11.6 Å². The van der Waals surface area contributed by atoms with E-state index in [0.29, 0.717) is 46.9 Å². The van der Waals surface area contributed by atoms with Crippen LogP contribution in [0.2, 0.25) is 0 Å². The molecule has 1 aliphatic heterocycles. The van der Waals surface area contributed by atoms with Crippen LogP contribution in [0.5, 0.6) is 5.75 Å². The Kier molecular flexibility index (Phi) is 9.41. The maximum Gasteiger partial charge on any atom is 0.351 e. The van der Waals surface area contributed by atoms with Crippen molar-refractivity contribution in [2.75, 3.05) is 45.1 Å². The Hall–Kier alpha value is -4.64. The number of benzene rings is 2. The normalized spacial score (nSPS) is 14.2. The van der Waals surface area contributed by atoms with Gasteiger partial charge in [0.2, 0.25) is 0 Å². The number of esters is 1. The van der Waals surface area contributed by atoms with Crippen molar-refractivity contribution in [3.8, 4) is 5.75 Å². The predicted octanol–water partition coefficient (Wildman–Crippen LogP) is 3.36. The standard InChI is InChI=1S/C30H36N6O5/c1-6-41-29(38)23-19(2)31-27-25(24(23)20-11-8-7-9-12-20)26(32-30(39)36(27)18-10-17-35(3)4)33-34-28(37)21-13-15-22(40-5)16-14-21/h7-9,11-16,24,31H,6,10,17-18H2,1-5H3,(H,34,37)(H,32,33,39). The Morgan fingerprint density at radius 2 is 1.80 bits per heavy atom. The summed E-state index contributed by atoms with van der Waals surface area (Å²) in [4.78, 5) is 46.0. The van der Waals surface area contributed by atoms with Crippen molar-refractivity contribution in [3.63, 3.8) is 0 Å².